The second-order valence-corrected chi connectivity index (χ2v) is 6.94. The highest BCUT2D eigenvalue weighted by molar-refractivity contribution is 9.15. The molecule has 0 aliphatic carbocycles. The molecule has 0 unspecified atom stereocenters. The zero-order chi connectivity index (χ0) is 18.8. The Morgan fingerprint density at radius 3 is 2.77 bits per heavy atom. The van der Waals surface area contributed by atoms with Gasteiger partial charge in [0.15, 0.2) is 0 Å². The van der Waals surface area contributed by atoms with Gasteiger partial charge in [-0.2, -0.15) is 0 Å². The number of carbonyl (C=O) groups excluding carboxylic acids is 2. The monoisotopic (exact) mass is 413 g/mol. The molecule has 0 atom stereocenters. The van der Waals surface area contributed by atoms with Crippen LogP contribution in [0.5, 0.6) is 0 Å². The van der Waals surface area contributed by atoms with E-state index in [0.29, 0.717) is 16.5 Å². The Bertz CT molecular complexity index is 949. The van der Waals surface area contributed by atoms with Crippen LogP contribution in [-0.2, 0) is 16.1 Å². The average molecular weight is 414 g/mol. The molecule has 0 saturated carbocycles. The summed E-state index contributed by atoms with van der Waals surface area (Å²) in [5, 5.41) is 0. The van der Waals surface area contributed by atoms with E-state index in [1.54, 1.807) is 18.2 Å². The van der Waals surface area contributed by atoms with Crippen LogP contribution in [0.15, 0.2) is 48.6 Å². The molecule has 0 fully saturated rings. The molecule has 2 aromatic rings. The first-order valence-corrected chi connectivity index (χ1v) is 8.90. The molecule has 1 aliphatic heterocycles. The van der Waals surface area contributed by atoms with E-state index >= 15 is 0 Å². The van der Waals surface area contributed by atoms with Gasteiger partial charge in [0.1, 0.15) is 12.1 Å². The number of rotatable bonds is 4. The molecule has 1 heterocycles. The van der Waals surface area contributed by atoms with Crippen LogP contribution in [0.25, 0.3) is 10.6 Å². The fourth-order valence-electron chi connectivity index (χ4n) is 3.04. The van der Waals surface area contributed by atoms with Gasteiger partial charge in [0.25, 0.3) is 0 Å². The number of nitrogens with zero attached hydrogens (tertiary/aromatic N) is 1. The molecule has 132 valence electrons. The fourth-order valence-corrected chi connectivity index (χ4v) is 3.67. The number of hydrogen-bond donors (Lipinski definition) is 0. The van der Waals surface area contributed by atoms with Gasteiger partial charge in [-0.05, 0) is 57.7 Å². The van der Waals surface area contributed by atoms with E-state index in [4.69, 9.17) is 0 Å². The first-order chi connectivity index (χ1) is 12.5. The zero-order valence-corrected chi connectivity index (χ0v) is 15.8. The maximum absolute atomic E-state index is 14.5. The van der Waals surface area contributed by atoms with Gasteiger partial charge in [-0.15, -0.1) is 0 Å². The molecule has 26 heavy (non-hydrogen) atoms. The van der Waals surface area contributed by atoms with Crippen LogP contribution in [0.3, 0.4) is 0 Å². The molecule has 5 heteroatoms. The minimum atomic E-state index is -0.482. The Hall–Kier alpha value is -2.53. The van der Waals surface area contributed by atoms with Crippen LogP contribution in [0, 0.1) is 12.7 Å². The average Bonchev–Trinajstić information content (AvgIpc) is 2.73. The van der Waals surface area contributed by atoms with Crippen molar-refractivity contribution in [3.8, 4) is 0 Å². The van der Waals surface area contributed by atoms with Crippen molar-refractivity contribution in [1.29, 1.82) is 0 Å². The SMILES string of the molecule is C=Cc1cc(CN2C(=O)CC(C=O)=C(Br)c3c(F)cccc32)ccc1C. The first kappa shape index (κ1) is 18.3. The molecular formula is C21H17BrFNO2. The lowest BCUT2D eigenvalue weighted by Gasteiger charge is -2.24. The van der Waals surface area contributed by atoms with Gasteiger partial charge in [0.2, 0.25) is 5.91 Å². The van der Waals surface area contributed by atoms with Crippen LogP contribution >= 0.6 is 15.9 Å². The topological polar surface area (TPSA) is 37.4 Å². The molecule has 2 aromatic carbocycles. The molecule has 3 nitrogen and oxygen atoms in total. The van der Waals surface area contributed by atoms with Gasteiger partial charge in [-0.3, -0.25) is 9.59 Å². The van der Waals surface area contributed by atoms with Crippen LogP contribution in [0.4, 0.5) is 10.1 Å². The van der Waals surface area contributed by atoms with Gasteiger partial charge >= 0.3 is 0 Å². The quantitative estimate of drug-likeness (QED) is 0.659. The molecule has 0 spiro atoms. The minimum absolute atomic E-state index is 0.0849. The Labute approximate surface area is 160 Å². The predicted octanol–water partition coefficient (Wildman–Crippen LogP) is 5.02. The Kier molecular flexibility index (Phi) is 5.18. The molecule has 0 radical (unpaired) electrons. The van der Waals surface area contributed by atoms with Crippen molar-refractivity contribution in [2.45, 2.75) is 19.9 Å². The first-order valence-electron chi connectivity index (χ1n) is 8.11. The summed E-state index contributed by atoms with van der Waals surface area (Å²) in [6, 6.07) is 10.4. The maximum atomic E-state index is 14.5. The van der Waals surface area contributed by atoms with Crippen LogP contribution in [0.1, 0.15) is 28.7 Å². The van der Waals surface area contributed by atoms with E-state index in [9.17, 15) is 14.0 Å². The highest BCUT2D eigenvalue weighted by Gasteiger charge is 2.28. The zero-order valence-electron chi connectivity index (χ0n) is 14.3. The summed E-state index contributed by atoms with van der Waals surface area (Å²) in [5.74, 6) is -0.738. The van der Waals surface area contributed by atoms with E-state index in [0.717, 1.165) is 16.7 Å². The summed E-state index contributed by atoms with van der Waals surface area (Å²) < 4.78 is 14.8. The van der Waals surface area contributed by atoms with Crippen molar-refractivity contribution in [1.82, 2.24) is 0 Å². The Morgan fingerprint density at radius 2 is 2.08 bits per heavy atom. The third-order valence-electron chi connectivity index (χ3n) is 4.47. The van der Waals surface area contributed by atoms with Crippen LogP contribution in [0.2, 0.25) is 0 Å². The molecule has 0 N–H and O–H groups in total. The molecule has 0 bridgehead atoms. The van der Waals surface area contributed by atoms with Crippen molar-refractivity contribution in [3.05, 3.63) is 76.6 Å². The maximum Gasteiger partial charge on any atom is 0.231 e. The van der Waals surface area contributed by atoms with Gasteiger partial charge in [-0.25, -0.2) is 4.39 Å². The lowest BCUT2D eigenvalue weighted by atomic mass is 10.0. The number of benzene rings is 2. The second kappa shape index (κ2) is 7.38. The summed E-state index contributed by atoms with van der Waals surface area (Å²) in [4.78, 5) is 25.7. The van der Waals surface area contributed by atoms with Crippen molar-refractivity contribution >= 4 is 44.4 Å². The molecule has 1 aliphatic rings. The highest BCUT2D eigenvalue weighted by Crippen LogP contribution is 2.39. The van der Waals surface area contributed by atoms with Crippen molar-refractivity contribution in [2.75, 3.05) is 4.90 Å². The van der Waals surface area contributed by atoms with E-state index < -0.39 is 5.82 Å². The number of hydrogen-bond acceptors (Lipinski definition) is 2. The van der Waals surface area contributed by atoms with E-state index in [2.05, 4.69) is 22.5 Å². The number of aryl methyl sites for hydroxylation is 1. The number of amides is 1. The number of anilines is 1. The van der Waals surface area contributed by atoms with Crippen molar-refractivity contribution < 1.29 is 14.0 Å². The third kappa shape index (κ3) is 3.27. The second-order valence-electron chi connectivity index (χ2n) is 6.14. The number of fused-ring (bicyclic) bond motifs is 1. The fraction of sp³-hybridized carbons (Fsp3) is 0.143. The summed E-state index contributed by atoms with van der Waals surface area (Å²) in [6.45, 7) is 6.07. The molecular weight excluding hydrogens is 397 g/mol. The molecule has 0 aromatic heterocycles. The number of aldehydes is 1. The lowest BCUT2D eigenvalue weighted by molar-refractivity contribution is -0.118. The van der Waals surface area contributed by atoms with E-state index in [-0.39, 0.29) is 30.0 Å². The molecule has 0 saturated heterocycles. The highest BCUT2D eigenvalue weighted by atomic mass is 79.9. The van der Waals surface area contributed by atoms with E-state index in [1.807, 2.05) is 25.1 Å². The summed E-state index contributed by atoms with van der Waals surface area (Å²) in [7, 11) is 0. The molecule has 1 amide bonds. The molecule has 3 rings (SSSR count). The van der Waals surface area contributed by atoms with Crippen molar-refractivity contribution in [2.24, 2.45) is 0 Å². The lowest BCUT2D eigenvalue weighted by Crippen LogP contribution is -2.30. The van der Waals surface area contributed by atoms with Gasteiger partial charge in [-0.1, -0.05) is 30.9 Å². The van der Waals surface area contributed by atoms with E-state index in [1.165, 1.54) is 11.0 Å². The summed E-state index contributed by atoms with van der Waals surface area (Å²) in [6.07, 6.45) is 2.28. The Morgan fingerprint density at radius 1 is 1.31 bits per heavy atom. The summed E-state index contributed by atoms with van der Waals surface area (Å²) in [5.41, 5.74) is 3.89. The summed E-state index contributed by atoms with van der Waals surface area (Å²) >= 11 is 3.30. The minimum Gasteiger partial charge on any atom is -0.307 e. The largest absolute Gasteiger partial charge is 0.307 e. The van der Waals surface area contributed by atoms with Gasteiger partial charge in [0, 0.05) is 15.6 Å². The predicted molar refractivity (Wildman–Crippen MR) is 105 cm³/mol. The number of halogens is 2. The van der Waals surface area contributed by atoms with Crippen LogP contribution in [-0.4, -0.2) is 12.2 Å². The van der Waals surface area contributed by atoms with Gasteiger partial charge in [0.05, 0.1) is 18.7 Å². The van der Waals surface area contributed by atoms with Gasteiger partial charge < -0.3 is 4.90 Å². The number of carbonyl (C=O) groups is 2. The third-order valence-corrected chi connectivity index (χ3v) is 5.38. The van der Waals surface area contributed by atoms with Crippen molar-refractivity contribution in [3.63, 3.8) is 0 Å². The normalized spacial score (nSPS) is 14.1. The van der Waals surface area contributed by atoms with Crippen LogP contribution < -0.4 is 4.90 Å². The smallest absolute Gasteiger partial charge is 0.231 e. The standard InChI is InChI=1S/C21H17BrFNO2/c1-3-15-9-14(8-7-13(15)2)11-24-18-6-4-5-17(23)20(18)21(22)16(12-25)10-19(24)26/h3-9,12H,1,10-11H2,2H3. The Balaban J connectivity index is 2.10.